The molecule has 6 heteroatoms. The molecule has 0 aliphatic carbocycles. The van der Waals surface area contributed by atoms with Crippen LogP contribution in [0.3, 0.4) is 0 Å². The summed E-state index contributed by atoms with van der Waals surface area (Å²) in [6.07, 6.45) is 2.87. The van der Waals surface area contributed by atoms with Gasteiger partial charge in [0.05, 0.1) is 0 Å². The number of hydrogen-bond acceptors (Lipinski definition) is 5. The Morgan fingerprint density at radius 1 is 1.27 bits per heavy atom. The summed E-state index contributed by atoms with van der Waals surface area (Å²) in [5, 5.41) is 11.4. The van der Waals surface area contributed by atoms with Crippen molar-refractivity contribution in [2.24, 2.45) is 17.2 Å². The van der Waals surface area contributed by atoms with Crippen LogP contribution < -0.4 is 22.5 Å². The molecule has 0 aromatic heterocycles. The van der Waals surface area contributed by atoms with Gasteiger partial charge in [-0.05, 0) is 19.4 Å². The Kier molecular flexibility index (Phi) is 8.21. The van der Waals surface area contributed by atoms with Crippen molar-refractivity contribution in [2.45, 2.75) is 31.3 Å². The van der Waals surface area contributed by atoms with Crippen LogP contribution in [0.5, 0.6) is 0 Å². The van der Waals surface area contributed by atoms with Gasteiger partial charge >= 0.3 is 5.97 Å². The first kappa shape index (κ1) is 14.3. The third-order valence-electron chi connectivity index (χ3n) is 2.12. The van der Waals surface area contributed by atoms with Crippen molar-refractivity contribution in [3.05, 3.63) is 0 Å². The molecule has 0 saturated carbocycles. The van der Waals surface area contributed by atoms with E-state index in [2.05, 4.69) is 5.32 Å². The fourth-order valence-corrected chi connectivity index (χ4v) is 1.16. The summed E-state index contributed by atoms with van der Waals surface area (Å²) in [5.41, 5.74) is 16.4. The van der Waals surface area contributed by atoms with Crippen molar-refractivity contribution in [1.82, 2.24) is 5.32 Å². The molecule has 8 N–H and O–H groups in total. The van der Waals surface area contributed by atoms with Crippen LogP contribution in [-0.2, 0) is 4.79 Å². The summed E-state index contributed by atoms with van der Waals surface area (Å²) < 4.78 is 0. The van der Waals surface area contributed by atoms with Gasteiger partial charge in [0, 0.05) is 19.1 Å². The normalized spacial score (nSPS) is 14.9. The van der Waals surface area contributed by atoms with Crippen molar-refractivity contribution >= 4 is 5.97 Å². The average Bonchev–Trinajstić information content (AvgIpc) is 2.18. The van der Waals surface area contributed by atoms with E-state index in [4.69, 9.17) is 22.3 Å². The molecular formula is C9H22N4O2. The second-order valence-corrected chi connectivity index (χ2v) is 3.65. The monoisotopic (exact) mass is 218 g/mol. The molecule has 0 aliphatic heterocycles. The summed E-state index contributed by atoms with van der Waals surface area (Å²) in [7, 11) is 0. The summed E-state index contributed by atoms with van der Waals surface area (Å²) in [4.78, 5) is 10.4. The standard InChI is InChI=1S/C9H22N4O2/c10-4-2-1-3-7(11)5-13-6-8(12)9(14)15/h7-8,13H,1-6,10-12H2,(H,14,15). The van der Waals surface area contributed by atoms with Crippen molar-refractivity contribution in [3.63, 3.8) is 0 Å². The molecule has 0 fully saturated rings. The number of carboxylic acids is 1. The zero-order chi connectivity index (χ0) is 11.7. The first-order valence-corrected chi connectivity index (χ1v) is 5.22. The van der Waals surface area contributed by atoms with Crippen molar-refractivity contribution in [3.8, 4) is 0 Å². The summed E-state index contributed by atoms with van der Waals surface area (Å²) in [6.45, 7) is 1.52. The molecule has 0 spiro atoms. The van der Waals surface area contributed by atoms with Crippen LogP contribution in [0.25, 0.3) is 0 Å². The lowest BCUT2D eigenvalue weighted by Gasteiger charge is -2.13. The van der Waals surface area contributed by atoms with E-state index < -0.39 is 12.0 Å². The smallest absolute Gasteiger partial charge is 0.321 e. The van der Waals surface area contributed by atoms with E-state index in [-0.39, 0.29) is 12.6 Å². The molecule has 0 saturated heterocycles. The minimum absolute atomic E-state index is 0.0394. The van der Waals surface area contributed by atoms with Gasteiger partial charge in [-0.15, -0.1) is 0 Å². The Hall–Kier alpha value is -0.690. The Morgan fingerprint density at radius 2 is 1.93 bits per heavy atom. The Labute approximate surface area is 90.2 Å². The number of carbonyl (C=O) groups is 1. The first-order chi connectivity index (χ1) is 7.07. The lowest BCUT2D eigenvalue weighted by molar-refractivity contribution is -0.138. The highest BCUT2D eigenvalue weighted by molar-refractivity contribution is 5.73. The maximum atomic E-state index is 10.4. The molecule has 0 aliphatic rings. The topological polar surface area (TPSA) is 127 Å². The molecule has 90 valence electrons. The molecule has 0 rings (SSSR count). The van der Waals surface area contributed by atoms with Gasteiger partial charge in [0.2, 0.25) is 0 Å². The SMILES string of the molecule is NCCCCC(N)CNCC(N)C(=O)O. The highest BCUT2D eigenvalue weighted by Crippen LogP contribution is 1.96. The predicted octanol–water partition coefficient (Wildman–Crippen LogP) is -1.56. The van der Waals surface area contributed by atoms with E-state index in [1.54, 1.807) is 0 Å². The van der Waals surface area contributed by atoms with E-state index in [0.717, 1.165) is 19.3 Å². The number of nitrogens with one attached hydrogen (secondary N) is 1. The summed E-state index contributed by atoms with van der Waals surface area (Å²) in [6, 6.07) is -0.821. The van der Waals surface area contributed by atoms with Gasteiger partial charge in [-0.1, -0.05) is 6.42 Å². The molecule has 0 amide bonds. The van der Waals surface area contributed by atoms with Crippen LogP contribution >= 0.6 is 0 Å². The largest absolute Gasteiger partial charge is 0.480 e. The number of nitrogens with two attached hydrogens (primary N) is 3. The van der Waals surface area contributed by atoms with Gasteiger partial charge in [-0.25, -0.2) is 0 Å². The van der Waals surface area contributed by atoms with Crippen molar-refractivity contribution in [1.29, 1.82) is 0 Å². The molecule has 0 aromatic carbocycles. The fourth-order valence-electron chi connectivity index (χ4n) is 1.16. The van der Waals surface area contributed by atoms with E-state index in [9.17, 15) is 4.79 Å². The second kappa shape index (κ2) is 8.60. The molecular weight excluding hydrogens is 196 g/mol. The average molecular weight is 218 g/mol. The predicted molar refractivity (Wildman–Crippen MR) is 59.4 cm³/mol. The number of rotatable bonds is 9. The number of hydrogen-bond donors (Lipinski definition) is 5. The maximum absolute atomic E-state index is 10.4. The Balaban J connectivity index is 3.38. The van der Waals surface area contributed by atoms with E-state index >= 15 is 0 Å². The molecule has 0 heterocycles. The molecule has 0 bridgehead atoms. The zero-order valence-electron chi connectivity index (χ0n) is 8.98. The summed E-state index contributed by atoms with van der Waals surface area (Å²) >= 11 is 0. The Bertz CT molecular complexity index is 177. The van der Waals surface area contributed by atoms with Gasteiger partial charge in [0.25, 0.3) is 0 Å². The fraction of sp³-hybridized carbons (Fsp3) is 0.889. The number of carboxylic acid groups (broad SMARTS) is 1. The number of aliphatic carboxylic acids is 1. The number of unbranched alkanes of at least 4 members (excludes halogenated alkanes) is 1. The third-order valence-corrected chi connectivity index (χ3v) is 2.12. The lowest BCUT2D eigenvalue weighted by atomic mass is 10.1. The quantitative estimate of drug-likeness (QED) is 0.298. The minimum Gasteiger partial charge on any atom is -0.480 e. The van der Waals surface area contributed by atoms with E-state index in [1.807, 2.05) is 0 Å². The highest BCUT2D eigenvalue weighted by atomic mass is 16.4. The maximum Gasteiger partial charge on any atom is 0.321 e. The van der Waals surface area contributed by atoms with Crippen molar-refractivity contribution in [2.75, 3.05) is 19.6 Å². The molecule has 0 radical (unpaired) electrons. The van der Waals surface area contributed by atoms with Gasteiger partial charge < -0.3 is 27.6 Å². The third kappa shape index (κ3) is 8.31. The van der Waals surface area contributed by atoms with Crippen LogP contribution in [0.2, 0.25) is 0 Å². The summed E-state index contributed by atoms with van der Waals surface area (Å²) in [5.74, 6) is -1.00. The highest BCUT2D eigenvalue weighted by Gasteiger charge is 2.10. The van der Waals surface area contributed by atoms with Gasteiger partial charge in [0.1, 0.15) is 6.04 Å². The minimum atomic E-state index is -1.00. The van der Waals surface area contributed by atoms with Crippen LogP contribution in [0.15, 0.2) is 0 Å². The Morgan fingerprint density at radius 3 is 2.47 bits per heavy atom. The van der Waals surface area contributed by atoms with E-state index in [0.29, 0.717) is 13.1 Å². The lowest BCUT2D eigenvalue weighted by Crippen LogP contribution is -2.44. The van der Waals surface area contributed by atoms with Gasteiger partial charge in [-0.3, -0.25) is 4.79 Å². The van der Waals surface area contributed by atoms with Crippen LogP contribution in [0.1, 0.15) is 19.3 Å². The van der Waals surface area contributed by atoms with Crippen LogP contribution in [-0.4, -0.2) is 42.8 Å². The van der Waals surface area contributed by atoms with E-state index in [1.165, 1.54) is 0 Å². The van der Waals surface area contributed by atoms with Crippen LogP contribution in [0.4, 0.5) is 0 Å². The van der Waals surface area contributed by atoms with Crippen LogP contribution in [0, 0.1) is 0 Å². The zero-order valence-corrected chi connectivity index (χ0v) is 8.98. The molecule has 6 nitrogen and oxygen atoms in total. The van der Waals surface area contributed by atoms with Crippen molar-refractivity contribution < 1.29 is 9.90 Å². The molecule has 15 heavy (non-hydrogen) atoms. The molecule has 2 unspecified atom stereocenters. The second-order valence-electron chi connectivity index (χ2n) is 3.65. The molecule has 0 aromatic rings. The van der Waals surface area contributed by atoms with Gasteiger partial charge in [-0.2, -0.15) is 0 Å². The first-order valence-electron chi connectivity index (χ1n) is 5.22. The molecule has 2 atom stereocenters. The van der Waals surface area contributed by atoms with Gasteiger partial charge in [0.15, 0.2) is 0 Å².